The maximum atomic E-state index is 11.0. The van der Waals surface area contributed by atoms with Gasteiger partial charge >= 0.3 is 0 Å². The van der Waals surface area contributed by atoms with Gasteiger partial charge in [0.1, 0.15) is 0 Å². The SMILES string of the molecule is CCCC(C)(CC(N)=O)C(N)=O. The molecule has 1 unspecified atom stereocenters. The van der Waals surface area contributed by atoms with Crippen LogP contribution in [0.25, 0.3) is 0 Å². The van der Waals surface area contributed by atoms with Crippen LogP contribution in [0, 0.1) is 5.41 Å². The lowest BCUT2D eigenvalue weighted by molar-refractivity contribution is -0.132. The van der Waals surface area contributed by atoms with Gasteiger partial charge in [-0.1, -0.05) is 20.3 Å². The highest BCUT2D eigenvalue weighted by Gasteiger charge is 2.31. The number of rotatable bonds is 5. The first-order valence-electron chi connectivity index (χ1n) is 4.00. The number of amides is 2. The van der Waals surface area contributed by atoms with Crippen LogP contribution in [-0.4, -0.2) is 11.8 Å². The molecule has 0 saturated heterocycles. The van der Waals surface area contributed by atoms with Gasteiger partial charge in [-0.25, -0.2) is 0 Å². The van der Waals surface area contributed by atoms with Crippen molar-refractivity contribution in [1.82, 2.24) is 0 Å². The van der Waals surface area contributed by atoms with Crippen molar-refractivity contribution >= 4 is 11.8 Å². The van der Waals surface area contributed by atoms with Crippen LogP contribution in [0.1, 0.15) is 33.1 Å². The zero-order valence-corrected chi connectivity index (χ0v) is 7.59. The second kappa shape index (κ2) is 4.09. The Balaban J connectivity index is 4.38. The van der Waals surface area contributed by atoms with Gasteiger partial charge in [0, 0.05) is 6.42 Å². The van der Waals surface area contributed by atoms with Gasteiger partial charge in [0.05, 0.1) is 5.41 Å². The van der Waals surface area contributed by atoms with Crippen molar-refractivity contribution in [3.8, 4) is 0 Å². The minimum atomic E-state index is -0.763. The first kappa shape index (κ1) is 10.9. The Morgan fingerprint density at radius 1 is 1.33 bits per heavy atom. The zero-order chi connectivity index (χ0) is 9.78. The van der Waals surface area contributed by atoms with Gasteiger partial charge in [0.15, 0.2) is 0 Å². The molecule has 0 aliphatic carbocycles. The van der Waals surface area contributed by atoms with Gasteiger partial charge < -0.3 is 11.5 Å². The van der Waals surface area contributed by atoms with E-state index >= 15 is 0 Å². The van der Waals surface area contributed by atoms with E-state index in [2.05, 4.69) is 0 Å². The average Bonchev–Trinajstić information content (AvgIpc) is 1.85. The van der Waals surface area contributed by atoms with Crippen LogP contribution in [0.15, 0.2) is 0 Å². The maximum Gasteiger partial charge on any atom is 0.223 e. The lowest BCUT2D eigenvalue weighted by Gasteiger charge is -2.23. The molecule has 0 aromatic rings. The fourth-order valence-electron chi connectivity index (χ4n) is 1.24. The van der Waals surface area contributed by atoms with E-state index < -0.39 is 17.2 Å². The summed E-state index contributed by atoms with van der Waals surface area (Å²) in [5, 5.41) is 0. The highest BCUT2D eigenvalue weighted by molar-refractivity contribution is 5.86. The van der Waals surface area contributed by atoms with Crippen LogP contribution < -0.4 is 11.5 Å². The summed E-state index contributed by atoms with van der Waals surface area (Å²) in [6, 6.07) is 0. The molecule has 4 N–H and O–H groups in total. The molecule has 4 heteroatoms. The van der Waals surface area contributed by atoms with Crippen molar-refractivity contribution in [2.75, 3.05) is 0 Å². The van der Waals surface area contributed by atoms with Crippen LogP contribution in [0.4, 0.5) is 0 Å². The Morgan fingerprint density at radius 2 is 1.83 bits per heavy atom. The van der Waals surface area contributed by atoms with Crippen molar-refractivity contribution in [2.45, 2.75) is 33.1 Å². The predicted octanol–water partition coefficient (Wildman–Crippen LogP) is 0.153. The lowest BCUT2D eigenvalue weighted by Crippen LogP contribution is -2.37. The third kappa shape index (κ3) is 2.90. The van der Waals surface area contributed by atoms with Crippen LogP contribution in [-0.2, 0) is 9.59 Å². The zero-order valence-electron chi connectivity index (χ0n) is 7.59. The van der Waals surface area contributed by atoms with Gasteiger partial charge in [0.25, 0.3) is 0 Å². The highest BCUT2D eigenvalue weighted by Crippen LogP contribution is 2.26. The summed E-state index contributed by atoms with van der Waals surface area (Å²) < 4.78 is 0. The Morgan fingerprint density at radius 3 is 2.08 bits per heavy atom. The Kier molecular flexibility index (Phi) is 3.73. The molecule has 2 amide bonds. The standard InChI is InChI=1S/C8H16N2O2/c1-3-4-8(2,7(10)12)5-6(9)11/h3-5H2,1-2H3,(H2,9,11)(H2,10,12). The van der Waals surface area contributed by atoms with E-state index in [0.717, 1.165) is 6.42 Å². The smallest absolute Gasteiger partial charge is 0.223 e. The van der Waals surface area contributed by atoms with Gasteiger partial charge in [-0.15, -0.1) is 0 Å². The largest absolute Gasteiger partial charge is 0.370 e. The third-order valence-corrected chi connectivity index (χ3v) is 1.96. The maximum absolute atomic E-state index is 11.0. The molecule has 0 rings (SSSR count). The van der Waals surface area contributed by atoms with E-state index in [1.54, 1.807) is 6.92 Å². The molecule has 0 saturated carbocycles. The molecule has 0 radical (unpaired) electrons. The molecule has 0 spiro atoms. The predicted molar refractivity (Wildman–Crippen MR) is 46.0 cm³/mol. The highest BCUT2D eigenvalue weighted by atomic mass is 16.2. The van der Waals surface area contributed by atoms with Gasteiger partial charge in [-0.2, -0.15) is 0 Å². The summed E-state index contributed by atoms with van der Waals surface area (Å²) >= 11 is 0. The molecule has 12 heavy (non-hydrogen) atoms. The average molecular weight is 172 g/mol. The third-order valence-electron chi connectivity index (χ3n) is 1.96. The quantitative estimate of drug-likeness (QED) is 0.618. The Labute approximate surface area is 72.3 Å². The summed E-state index contributed by atoms with van der Waals surface area (Å²) in [6.45, 7) is 3.60. The second-order valence-electron chi connectivity index (χ2n) is 3.32. The van der Waals surface area contributed by atoms with Gasteiger partial charge in [0.2, 0.25) is 11.8 Å². The van der Waals surface area contributed by atoms with E-state index in [0.29, 0.717) is 6.42 Å². The summed E-state index contributed by atoms with van der Waals surface area (Å²) in [7, 11) is 0. The first-order valence-corrected chi connectivity index (χ1v) is 4.00. The molecule has 1 atom stereocenters. The van der Waals surface area contributed by atoms with Crippen LogP contribution in [0.2, 0.25) is 0 Å². The van der Waals surface area contributed by atoms with E-state index in [-0.39, 0.29) is 6.42 Å². The van der Waals surface area contributed by atoms with E-state index in [9.17, 15) is 9.59 Å². The first-order chi connectivity index (χ1) is 5.42. The van der Waals surface area contributed by atoms with E-state index in [1.165, 1.54) is 0 Å². The van der Waals surface area contributed by atoms with Gasteiger partial charge in [-0.3, -0.25) is 9.59 Å². The number of carbonyl (C=O) groups excluding carboxylic acids is 2. The molecule has 0 aliphatic rings. The summed E-state index contributed by atoms with van der Waals surface area (Å²) in [6.07, 6.45) is 1.45. The normalized spacial score (nSPS) is 15.2. The molecule has 0 aromatic carbocycles. The van der Waals surface area contributed by atoms with Crippen molar-refractivity contribution in [2.24, 2.45) is 16.9 Å². The Bertz CT molecular complexity index is 191. The van der Waals surface area contributed by atoms with Crippen LogP contribution in [0.5, 0.6) is 0 Å². The van der Waals surface area contributed by atoms with E-state index in [1.807, 2.05) is 6.92 Å². The molecular formula is C8H16N2O2. The summed E-state index contributed by atoms with van der Waals surface area (Å²) in [4.78, 5) is 21.6. The fraction of sp³-hybridized carbons (Fsp3) is 0.750. The van der Waals surface area contributed by atoms with Crippen molar-refractivity contribution in [3.63, 3.8) is 0 Å². The molecule has 0 aliphatic heterocycles. The monoisotopic (exact) mass is 172 g/mol. The molecule has 0 bridgehead atoms. The molecule has 70 valence electrons. The number of hydrogen-bond donors (Lipinski definition) is 2. The fourth-order valence-corrected chi connectivity index (χ4v) is 1.24. The lowest BCUT2D eigenvalue weighted by atomic mass is 9.81. The van der Waals surface area contributed by atoms with Crippen molar-refractivity contribution in [1.29, 1.82) is 0 Å². The molecule has 4 nitrogen and oxygen atoms in total. The summed E-state index contributed by atoms with van der Waals surface area (Å²) in [5.41, 5.74) is 9.40. The number of carbonyl (C=O) groups is 2. The van der Waals surface area contributed by atoms with Gasteiger partial charge in [-0.05, 0) is 6.42 Å². The van der Waals surface area contributed by atoms with Crippen LogP contribution in [0.3, 0.4) is 0 Å². The second-order valence-corrected chi connectivity index (χ2v) is 3.32. The van der Waals surface area contributed by atoms with Crippen LogP contribution >= 0.6 is 0 Å². The molecule has 0 aromatic heterocycles. The van der Waals surface area contributed by atoms with E-state index in [4.69, 9.17) is 11.5 Å². The number of hydrogen-bond acceptors (Lipinski definition) is 2. The topological polar surface area (TPSA) is 86.2 Å². The van der Waals surface area contributed by atoms with Crippen molar-refractivity contribution < 1.29 is 9.59 Å². The summed E-state index contributed by atoms with van der Waals surface area (Å²) in [5.74, 6) is -0.937. The molecule has 0 fully saturated rings. The molecular weight excluding hydrogens is 156 g/mol. The minimum Gasteiger partial charge on any atom is -0.370 e. The minimum absolute atomic E-state index is 0.0379. The number of primary amides is 2. The number of nitrogens with two attached hydrogens (primary N) is 2. The molecule has 0 heterocycles. The Hall–Kier alpha value is -1.06. The van der Waals surface area contributed by atoms with Crippen molar-refractivity contribution in [3.05, 3.63) is 0 Å².